The minimum atomic E-state index is -0.690. The summed E-state index contributed by atoms with van der Waals surface area (Å²) in [5.41, 5.74) is -0.331. The molecule has 0 aliphatic carbocycles. The van der Waals surface area contributed by atoms with E-state index in [0.29, 0.717) is 32.7 Å². The molecule has 3 fully saturated rings. The van der Waals surface area contributed by atoms with Gasteiger partial charge in [-0.2, -0.15) is 0 Å². The van der Waals surface area contributed by atoms with Gasteiger partial charge in [0.1, 0.15) is 12.2 Å². The number of carbonyl (C=O) groups is 3. The zero-order valence-corrected chi connectivity index (χ0v) is 18.9. The van der Waals surface area contributed by atoms with Crippen LogP contribution in [0.5, 0.6) is 0 Å². The quantitative estimate of drug-likeness (QED) is 0.664. The van der Waals surface area contributed by atoms with E-state index in [1.165, 1.54) is 0 Å². The van der Waals surface area contributed by atoms with Crippen molar-refractivity contribution in [3.8, 4) is 0 Å². The molecule has 32 heavy (non-hydrogen) atoms. The highest BCUT2D eigenvalue weighted by molar-refractivity contribution is 5.74. The number of rotatable bonds is 3. The maximum atomic E-state index is 12.6. The maximum Gasteiger partial charge on any atom is 0.410 e. The second-order valence-corrected chi connectivity index (χ2v) is 9.80. The fourth-order valence-electron chi connectivity index (χ4n) is 4.38. The van der Waals surface area contributed by atoms with Crippen LogP contribution in [0.3, 0.4) is 0 Å². The van der Waals surface area contributed by atoms with Crippen LogP contribution in [0.1, 0.15) is 39.2 Å². The van der Waals surface area contributed by atoms with Crippen LogP contribution in [0.4, 0.5) is 14.4 Å². The van der Waals surface area contributed by atoms with Gasteiger partial charge in [0.25, 0.3) is 0 Å². The van der Waals surface area contributed by atoms with Crippen LogP contribution in [0.15, 0.2) is 30.3 Å². The fraction of sp³-hybridized carbons (Fsp3) is 0.609. The Morgan fingerprint density at radius 2 is 1.81 bits per heavy atom. The molecule has 4 rings (SSSR count). The summed E-state index contributed by atoms with van der Waals surface area (Å²) in [6.45, 7) is 7.73. The Hall–Kier alpha value is -2.97. The SMILES string of the molecule is CC(C)(C)OC(=O)N1CC2(C1)CN([C@@H]1CCCN(C(=O)OCc3ccccc3)C1)C(=O)O2. The molecule has 0 bridgehead atoms. The molecule has 3 amide bonds. The Labute approximate surface area is 188 Å². The molecule has 0 saturated carbocycles. The van der Waals surface area contributed by atoms with Crippen LogP contribution >= 0.6 is 0 Å². The van der Waals surface area contributed by atoms with Crippen molar-refractivity contribution in [3.63, 3.8) is 0 Å². The Morgan fingerprint density at radius 1 is 1.09 bits per heavy atom. The summed E-state index contributed by atoms with van der Waals surface area (Å²) >= 11 is 0. The molecule has 0 unspecified atom stereocenters. The average Bonchev–Trinajstić information content (AvgIpc) is 3.08. The minimum Gasteiger partial charge on any atom is -0.445 e. The molecular weight excluding hydrogens is 414 g/mol. The monoisotopic (exact) mass is 445 g/mol. The number of ether oxygens (including phenoxy) is 3. The van der Waals surface area contributed by atoms with E-state index in [0.717, 1.165) is 18.4 Å². The molecule has 3 heterocycles. The number of likely N-dealkylation sites (tertiary alicyclic amines) is 2. The van der Waals surface area contributed by atoms with Crippen LogP contribution in [-0.2, 0) is 20.8 Å². The smallest absolute Gasteiger partial charge is 0.410 e. The van der Waals surface area contributed by atoms with E-state index >= 15 is 0 Å². The predicted molar refractivity (Wildman–Crippen MR) is 115 cm³/mol. The first kappa shape index (κ1) is 22.2. The molecule has 0 aromatic heterocycles. The van der Waals surface area contributed by atoms with Crippen molar-refractivity contribution in [3.05, 3.63) is 35.9 Å². The van der Waals surface area contributed by atoms with Gasteiger partial charge in [-0.25, -0.2) is 14.4 Å². The van der Waals surface area contributed by atoms with Gasteiger partial charge in [-0.1, -0.05) is 30.3 Å². The molecule has 1 aromatic carbocycles. The molecule has 3 aliphatic rings. The lowest BCUT2D eigenvalue weighted by atomic mass is 9.93. The maximum absolute atomic E-state index is 12.6. The molecule has 3 saturated heterocycles. The highest BCUT2D eigenvalue weighted by Crippen LogP contribution is 2.35. The zero-order chi connectivity index (χ0) is 22.9. The van der Waals surface area contributed by atoms with Gasteiger partial charge in [0.2, 0.25) is 0 Å². The van der Waals surface area contributed by atoms with Gasteiger partial charge in [0, 0.05) is 13.1 Å². The third-order valence-electron chi connectivity index (χ3n) is 5.91. The van der Waals surface area contributed by atoms with Crippen molar-refractivity contribution in [1.82, 2.24) is 14.7 Å². The van der Waals surface area contributed by atoms with E-state index in [4.69, 9.17) is 14.2 Å². The molecule has 9 heteroatoms. The number of amides is 3. The summed E-state index contributed by atoms with van der Waals surface area (Å²) in [4.78, 5) is 42.3. The molecule has 1 aromatic rings. The van der Waals surface area contributed by atoms with E-state index < -0.39 is 23.4 Å². The molecule has 1 atom stereocenters. The number of nitrogens with zero attached hydrogens (tertiary/aromatic N) is 3. The molecule has 1 spiro atoms. The highest BCUT2D eigenvalue weighted by atomic mass is 16.6. The normalized spacial score (nSPS) is 22.4. The summed E-state index contributed by atoms with van der Waals surface area (Å²) < 4.78 is 16.5. The van der Waals surface area contributed by atoms with E-state index in [-0.39, 0.29) is 18.7 Å². The van der Waals surface area contributed by atoms with Gasteiger partial charge in [0.15, 0.2) is 5.60 Å². The van der Waals surface area contributed by atoms with Crippen LogP contribution in [0.25, 0.3) is 0 Å². The van der Waals surface area contributed by atoms with E-state index in [2.05, 4.69) is 0 Å². The first-order chi connectivity index (χ1) is 15.1. The number of piperidine rings is 1. The second-order valence-electron chi connectivity index (χ2n) is 9.80. The Kier molecular flexibility index (Phi) is 5.92. The first-order valence-corrected chi connectivity index (χ1v) is 11.1. The van der Waals surface area contributed by atoms with Crippen molar-refractivity contribution in [1.29, 1.82) is 0 Å². The lowest BCUT2D eigenvalue weighted by Crippen LogP contribution is -2.66. The van der Waals surface area contributed by atoms with Gasteiger partial charge in [-0.3, -0.25) is 9.80 Å². The molecule has 0 N–H and O–H groups in total. The van der Waals surface area contributed by atoms with Gasteiger partial charge < -0.3 is 19.1 Å². The molecule has 3 aliphatic heterocycles. The molecule has 0 radical (unpaired) electrons. The second kappa shape index (κ2) is 8.52. The summed E-state index contributed by atoms with van der Waals surface area (Å²) in [5.74, 6) is 0. The van der Waals surface area contributed by atoms with Gasteiger partial charge >= 0.3 is 18.3 Å². The summed E-state index contributed by atoms with van der Waals surface area (Å²) in [6.07, 6.45) is 0.413. The average molecular weight is 446 g/mol. The number of benzene rings is 1. The summed E-state index contributed by atoms with van der Waals surface area (Å²) in [7, 11) is 0. The number of hydrogen-bond acceptors (Lipinski definition) is 6. The van der Waals surface area contributed by atoms with Gasteiger partial charge in [0.05, 0.1) is 25.7 Å². The number of carbonyl (C=O) groups excluding carboxylic acids is 3. The van der Waals surface area contributed by atoms with Gasteiger partial charge in [-0.15, -0.1) is 0 Å². The fourth-order valence-corrected chi connectivity index (χ4v) is 4.38. The van der Waals surface area contributed by atoms with Gasteiger partial charge in [-0.05, 0) is 39.2 Å². The minimum absolute atomic E-state index is 0.129. The Morgan fingerprint density at radius 3 is 2.50 bits per heavy atom. The molecular formula is C23H31N3O6. The van der Waals surface area contributed by atoms with Crippen molar-refractivity contribution in [2.24, 2.45) is 0 Å². The van der Waals surface area contributed by atoms with Crippen LogP contribution < -0.4 is 0 Å². The highest BCUT2D eigenvalue weighted by Gasteiger charge is 2.57. The largest absolute Gasteiger partial charge is 0.445 e. The van der Waals surface area contributed by atoms with Crippen molar-refractivity contribution < 1.29 is 28.6 Å². The number of hydrogen-bond donors (Lipinski definition) is 0. The van der Waals surface area contributed by atoms with Crippen molar-refractivity contribution >= 4 is 18.3 Å². The molecule has 174 valence electrons. The lowest BCUT2D eigenvalue weighted by molar-refractivity contribution is -0.0790. The van der Waals surface area contributed by atoms with Crippen molar-refractivity contribution in [2.45, 2.75) is 57.5 Å². The van der Waals surface area contributed by atoms with E-state index in [1.807, 2.05) is 51.1 Å². The summed E-state index contributed by atoms with van der Waals surface area (Å²) in [6, 6.07) is 9.40. The van der Waals surface area contributed by atoms with E-state index in [1.54, 1.807) is 14.7 Å². The Balaban J connectivity index is 1.29. The van der Waals surface area contributed by atoms with E-state index in [9.17, 15) is 14.4 Å². The first-order valence-electron chi connectivity index (χ1n) is 11.1. The van der Waals surface area contributed by atoms with Crippen LogP contribution in [-0.4, -0.2) is 82.9 Å². The third kappa shape index (κ3) is 4.92. The third-order valence-corrected chi connectivity index (χ3v) is 5.91. The standard InChI is InChI=1S/C23H31N3O6/c1-22(2,3)31-20(28)25-14-23(15-25)16-26(21(29)32-23)18-10-7-11-24(12-18)19(27)30-13-17-8-5-4-6-9-17/h4-6,8-9,18H,7,10-16H2,1-3H3/t18-/m1/s1. The summed E-state index contributed by atoms with van der Waals surface area (Å²) in [5, 5.41) is 0. The Bertz CT molecular complexity index is 862. The van der Waals surface area contributed by atoms with Crippen LogP contribution in [0, 0.1) is 0 Å². The van der Waals surface area contributed by atoms with Crippen molar-refractivity contribution in [2.75, 3.05) is 32.7 Å². The topological polar surface area (TPSA) is 88.6 Å². The zero-order valence-electron chi connectivity index (χ0n) is 18.9. The molecule has 9 nitrogen and oxygen atoms in total. The lowest BCUT2D eigenvalue weighted by Gasteiger charge is -2.45. The predicted octanol–water partition coefficient (Wildman–Crippen LogP) is 3.23. The van der Waals surface area contributed by atoms with Crippen LogP contribution in [0.2, 0.25) is 0 Å².